The Labute approximate surface area is 165 Å². The average Bonchev–Trinajstić information content (AvgIpc) is 2.75. The first-order chi connectivity index (χ1) is 13.7. The summed E-state index contributed by atoms with van der Waals surface area (Å²) in [5.74, 6) is -0.276. The van der Waals surface area contributed by atoms with Crippen molar-refractivity contribution in [3.05, 3.63) is 54.1 Å². The summed E-state index contributed by atoms with van der Waals surface area (Å²) in [4.78, 5) is 20.9. The summed E-state index contributed by atoms with van der Waals surface area (Å²) in [7, 11) is 0. The van der Waals surface area contributed by atoms with Crippen molar-refractivity contribution in [2.75, 3.05) is 36.4 Å². The quantitative estimate of drug-likeness (QED) is 0.871. The Morgan fingerprint density at radius 2 is 1.75 bits per heavy atom. The van der Waals surface area contributed by atoms with Crippen molar-refractivity contribution in [3.63, 3.8) is 0 Å². The van der Waals surface area contributed by atoms with Crippen molar-refractivity contribution >= 4 is 17.3 Å². The number of pyridine rings is 1. The molecule has 2 aromatic rings. The van der Waals surface area contributed by atoms with Crippen LogP contribution in [0.25, 0.3) is 0 Å². The molecule has 2 heterocycles. The normalized spacial score (nSPS) is 18.2. The third-order valence-corrected chi connectivity index (χ3v) is 5.72. The Morgan fingerprint density at radius 1 is 1.00 bits per heavy atom. The lowest BCUT2D eigenvalue weighted by Gasteiger charge is -2.36. The van der Waals surface area contributed by atoms with Gasteiger partial charge in [-0.05, 0) is 37.1 Å². The van der Waals surface area contributed by atoms with E-state index in [-0.39, 0.29) is 11.7 Å². The van der Waals surface area contributed by atoms with Crippen LogP contribution in [0.5, 0.6) is 0 Å². The summed E-state index contributed by atoms with van der Waals surface area (Å²) in [6.45, 7) is 2.37. The van der Waals surface area contributed by atoms with Crippen molar-refractivity contribution in [2.45, 2.75) is 38.1 Å². The molecule has 4 rings (SSSR count). The number of carbonyl (C=O) groups is 1. The number of aromatic nitrogens is 1. The summed E-state index contributed by atoms with van der Waals surface area (Å²) in [6, 6.07) is 11.1. The number of benzene rings is 1. The van der Waals surface area contributed by atoms with Gasteiger partial charge in [0.2, 0.25) is 0 Å². The summed E-state index contributed by atoms with van der Waals surface area (Å²) in [5.41, 5.74) is 2.05. The van der Waals surface area contributed by atoms with Crippen molar-refractivity contribution in [2.24, 2.45) is 0 Å². The van der Waals surface area contributed by atoms with Crippen molar-refractivity contribution in [1.82, 2.24) is 9.88 Å². The second kappa shape index (κ2) is 8.59. The minimum absolute atomic E-state index is 0.0580. The molecule has 28 heavy (non-hydrogen) atoms. The van der Waals surface area contributed by atoms with Crippen LogP contribution in [-0.4, -0.2) is 48.0 Å². The molecule has 2 aliphatic rings. The maximum atomic E-state index is 14.0. The van der Waals surface area contributed by atoms with E-state index in [2.05, 4.69) is 10.3 Å². The van der Waals surface area contributed by atoms with E-state index in [1.807, 2.05) is 17.0 Å². The molecule has 2 fully saturated rings. The first kappa shape index (κ1) is 18.7. The molecule has 0 radical (unpaired) electrons. The Balaban J connectivity index is 1.33. The van der Waals surface area contributed by atoms with Gasteiger partial charge in [-0.25, -0.2) is 9.37 Å². The van der Waals surface area contributed by atoms with Gasteiger partial charge < -0.3 is 15.1 Å². The van der Waals surface area contributed by atoms with Crippen molar-refractivity contribution in [1.29, 1.82) is 0 Å². The lowest BCUT2D eigenvalue weighted by atomic mass is 9.95. The predicted molar refractivity (Wildman–Crippen MR) is 109 cm³/mol. The summed E-state index contributed by atoms with van der Waals surface area (Å²) in [6.07, 6.45) is 8.05. The standard InChI is InChI=1S/C22H27FN4O/c23-19-8-4-5-9-21(19)26-12-14-27(15-13-26)22(28)20-11-10-18(16-24-20)25-17-6-2-1-3-7-17/h4-5,8-11,16-17,25H,1-3,6-7,12-15H2. The van der Waals surface area contributed by atoms with Crippen LogP contribution >= 0.6 is 0 Å². The molecule has 5 nitrogen and oxygen atoms in total. The van der Waals surface area contributed by atoms with Gasteiger partial charge in [0.05, 0.1) is 17.6 Å². The van der Waals surface area contributed by atoms with Crippen LogP contribution < -0.4 is 10.2 Å². The summed E-state index contributed by atoms with van der Waals surface area (Å²) in [5, 5.41) is 3.53. The van der Waals surface area contributed by atoms with Gasteiger partial charge in [0.25, 0.3) is 5.91 Å². The Morgan fingerprint density at radius 3 is 2.43 bits per heavy atom. The fraction of sp³-hybridized carbons (Fsp3) is 0.455. The van der Waals surface area contributed by atoms with E-state index in [0.29, 0.717) is 43.6 Å². The van der Waals surface area contributed by atoms with Crippen LogP contribution in [0.3, 0.4) is 0 Å². The monoisotopic (exact) mass is 382 g/mol. The maximum absolute atomic E-state index is 14.0. The molecule has 0 unspecified atom stereocenters. The second-order valence-corrected chi connectivity index (χ2v) is 7.64. The molecule has 1 saturated carbocycles. The van der Waals surface area contributed by atoms with E-state index in [1.165, 1.54) is 38.2 Å². The van der Waals surface area contributed by atoms with Gasteiger partial charge in [-0.3, -0.25) is 4.79 Å². The molecule has 1 aromatic heterocycles. The molecule has 1 aromatic carbocycles. The number of halogens is 1. The first-order valence-corrected chi connectivity index (χ1v) is 10.2. The lowest BCUT2D eigenvalue weighted by Crippen LogP contribution is -2.49. The summed E-state index contributed by atoms with van der Waals surface area (Å²) >= 11 is 0. The van der Waals surface area contributed by atoms with Gasteiger partial charge in [-0.1, -0.05) is 31.4 Å². The number of hydrogen-bond acceptors (Lipinski definition) is 4. The highest BCUT2D eigenvalue weighted by atomic mass is 19.1. The number of amides is 1. The zero-order valence-electron chi connectivity index (χ0n) is 16.1. The Bertz CT molecular complexity index is 796. The molecule has 0 bridgehead atoms. The number of piperazine rings is 1. The second-order valence-electron chi connectivity index (χ2n) is 7.64. The smallest absolute Gasteiger partial charge is 0.272 e. The van der Waals surface area contributed by atoms with Crippen molar-refractivity contribution < 1.29 is 9.18 Å². The zero-order valence-corrected chi connectivity index (χ0v) is 16.1. The van der Waals surface area contributed by atoms with E-state index in [9.17, 15) is 9.18 Å². The lowest BCUT2D eigenvalue weighted by molar-refractivity contribution is 0.0741. The minimum atomic E-state index is -0.218. The number of carbonyl (C=O) groups excluding carboxylic acids is 1. The molecule has 1 amide bonds. The molecule has 1 aliphatic heterocycles. The third-order valence-electron chi connectivity index (χ3n) is 5.72. The molecule has 0 atom stereocenters. The van der Waals surface area contributed by atoms with Crippen LogP contribution in [0.1, 0.15) is 42.6 Å². The molecule has 1 aliphatic carbocycles. The highest BCUT2D eigenvalue weighted by Gasteiger charge is 2.24. The third kappa shape index (κ3) is 4.26. The number of anilines is 2. The Hall–Kier alpha value is -2.63. The number of nitrogens with zero attached hydrogens (tertiary/aromatic N) is 3. The molecular formula is C22H27FN4O. The van der Waals surface area contributed by atoms with E-state index < -0.39 is 0 Å². The van der Waals surface area contributed by atoms with E-state index >= 15 is 0 Å². The highest BCUT2D eigenvalue weighted by molar-refractivity contribution is 5.92. The average molecular weight is 382 g/mol. The fourth-order valence-corrected chi connectivity index (χ4v) is 4.11. The number of rotatable bonds is 4. The molecule has 1 saturated heterocycles. The van der Waals surface area contributed by atoms with Gasteiger partial charge in [-0.2, -0.15) is 0 Å². The number of nitrogens with one attached hydrogen (secondary N) is 1. The van der Waals surface area contributed by atoms with Crippen LogP contribution in [0.15, 0.2) is 42.6 Å². The van der Waals surface area contributed by atoms with E-state index in [1.54, 1.807) is 29.3 Å². The zero-order chi connectivity index (χ0) is 19.3. The molecule has 148 valence electrons. The van der Waals surface area contributed by atoms with Crippen LogP contribution in [0, 0.1) is 5.82 Å². The maximum Gasteiger partial charge on any atom is 0.272 e. The molecule has 1 N–H and O–H groups in total. The van der Waals surface area contributed by atoms with Gasteiger partial charge in [0.1, 0.15) is 11.5 Å². The van der Waals surface area contributed by atoms with E-state index in [4.69, 9.17) is 0 Å². The summed E-state index contributed by atoms with van der Waals surface area (Å²) < 4.78 is 14.0. The van der Waals surface area contributed by atoms with Gasteiger partial charge >= 0.3 is 0 Å². The van der Waals surface area contributed by atoms with Crippen molar-refractivity contribution in [3.8, 4) is 0 Å². The topological polar surface area (TPSA) is 48.5 Å². The Kier molecular flexibility index (Phi) is 5.74. The fourth-order valence-electron chi connectivity index (χ4n) is 4.11. The molecule has 6 heteroatoms. The molecular weight excluding hydrogens is 355 g/mol. The first-order valence-electron chi connectivity index (χ1n) is 10.2. The molecule has 0 spiro atoms. The number of para-hydroxylation sites is 1. The highest BCUT2D eigenvalue weighted by Crippen LogP contribution is 2.22. The van der Waals surface area contributed by atoms with Gasteiger partial charge in [-0.15, -0.1) is 0 Å². The minimum Gasteiger partial charge on any atom is -0.381 e. The van der Waals surface area contributed by atoms with Crippen LogP contribution in [-0.2, 0) is 0 Å². The van der Waals surface area contributed by atoms with Gasteiger partial charge in [0, 0.05) is 32.2 Å². The SMILES string of the molecule is O=C(c1ccc(NC2CCCCC2)cn1)N1CCN(c2ccccc2F)CC1. The van der Waals surface area contributed by atoms with Crippen LogP contribution in [0.2, 0.25) is 0 Å². The predicted octanol–water partition coefficient (Wildman–Crippen LogP) is 3.93. The largest absolute Gasteiger partial charge is 0.381 e. The van der Waals surface area contributed by atoms with E-state index in [0.717, 1.165) is 5.69 Å². The van der Waals surface area contributed by atoms with Crippen LogP contribution in [0.4, 0.5) is 15.8 Å². The number of hydrogen-bond donors (Lipinski definition) is 1. The van der Waals surface area contributed by atoms with Gasteiger partial charge in [0.15, 0.2) is 0 Å².